The Morgan fingerprint density at radius 1 is 1.17 bits per heavy atom. The average molecular weight is 571 g/mol. The number of rotatable bonds is 7. The van der Waals surface area contributed by atoms with Crippen molar-refractivity contribution in [3.8, 4) is 17.6 Å². The van der Waals surface area contributed by atoms with Gasteiger partial charge < -0.3 is 15.4 Å². The zero-order valence-electron chi connectivity index (χ0n) is 21.8. The summed E-state index contributed by atoms with van der Waals surface area (Å²) < 4.78 is 75.5. The zero-order valence-corrected chi connectivity index (χ0v) is 21.8. The lowest BCUT2D eigenvalue weighted by Gasteiger charge is -2.23. The van der Waals surface area contributed by atoms with Gasteiger partial charge in [0, 0.05) is 55.9 Å². The molecule has 3 aromatic rings. The number of aliphatic imine (C=N–C) groups is 1. The number of allylic oxidation sites excluding steroid dienone is 1. The summed E-state index contributed by atoms with van der Waals surface area (Å²) in [4.78, 5) is 26.6. The summed E-state index contributed by atoms with van der Waals surface area (Å²) in [5, 5.41) is 8.68. The monoisotopic (exact) mass is 570 g/mol. The van der Waals surface area contributed by atoms with Crippen LogP contribution in [0.15, 0.2) is 47.7 Å². The van der Waals surface area contributed by atoms with Crippen molar-refractivity contribution in [1.29, 1.82) is 5.26 Å². The summed E-state index contributed by atoms with van der Waals surface area (Å²) in [6.45, 7) is 2.75. The predicted octanol–water partition coefficient (Wildman–Crippen LogP) is 5.05. The van der Waals surface area contributed by atoms with Gasteiger partial charge in [0.2, 0.25) is 23.3 Å². The Balaban J connectivity index is 1.65. The molecule has 2 aromatic carbocycles. The van der Waals surface area contributed by atoms with E-state index in [-0.39, 0.29) is 46.5 Å². The lowest BCUT2D eigenvalue weighted by molar-refractivity contribution is -0.125. The summed E-state index contributed by atoms with van der Waals surface area (Å²) in [5.74, 6) is -10.2. The molecule has 1 aliphatic heterocycles. The number of carbonyl (C=O) groups excluding carboxylic acids is 1. The van der Waals surface area contributed by atoms with Gasteiger partial charge in [-0.3, -0.25) is 9.79 Å². The van der Waals surface area contributed by atoms with Gasteiger partial charge in [-0.25, -0.2) is 23.1 Å². The maximum Gasteiger partial charge on any atom is 0.247 e. The van der Waals surface area contributed by atoms with E-state index in [4.69, 9.17) is 15.7 Å². The first-order valence-corrected chi connectivity index (χ1v) is 12.3. The number of nitrogens with two attached hydrogens (primary N) is 1. The summed E-state index contributed by atoms with van der Waals surface area (Å²) in [7, 11) is 1.40. The third-order valence-electron chi connectivity index (χ3n) is 6.83. The number of carbonyl (C=O) groups is 1. The van der Waals surface area contributed by atoms with Gasteiger partial charge >= 0.3 is 0 Å². The molecular weight excluding hydrogens is 547 g/mol. The van der Waals surface area contributed by atoms with E-state index >= 15 is 4.39 Å². The Hall–Kier alpha value is -4.86. The molecule has 2 N–H and O–H groups in total. The lowest BCUT2D eigenvalue weighted by Crippen LogP contribution is -2.28. The molecule has 0 radical (unpaired) electrons. The molecule has 1 amide bonds. The molecule has 212 valence electrons. The number of nitrogens with zero attached hydrogens (tertiary/aromatic N) is 5. The highest BCUT2D eigenvalue weighted by Gasteiger charge is 2.33. The number of nitrogen functional groups attached to an aromatic ring is 1. The van der Waals surface area contributed by atoms with Gasteiger partial charge in [-0.15, -0.1) is 0 Å². The highest BCUT2D eigenvalue weighted by Crippen LogP contribution is 2.36. The van der Waals surface area contributed by atoms with Crippen molar-refractivity contribution in [1.82, 2.24) is 14.9 Å². The van der Waals surface area contributed by atoms with Crippen molar-refractivity contribution in [2.45, 2.75) is 19.3 Å². The Kier molecular flexibility index (Phi) is 8.61. The topological polar surface area (TPSA) is 117 Å². The molecule has 0 spiro atoms. The van der Waals surface area contributed by atoms with E-state index < -0.39 is 40.6 Å². The molecule has 0 aliphatic carbocycles. The molecule has 1 aromatic heterocycles. The SMILES string of the molecule is CN=C(c1ccc(Oc2c(F)c(F)cc(F)c2F)cc1F)c1c(N)ncnc1C(C)C1CCN(C(=O)/C=C\C#N)C1. The fourth-order valence-corrected chi connectivity index (χ4v) is 4.71. The smallest absolute Gasteiger partial charge is 0.247 e. The second kappa shape index (κ2) is 12.1. The molecule has 41 heavy (non-hydrogen) atoms. The normalized spacial score (nSPS) is 16.2. The van der Waals surface area contributed by atoms with Crippen LogP contribution < -0.4 is 10.5 Å². The van der Waals surface area contributed by atoms with E-state index in [9.17, 15) is 22.4 Å². The third kappa shape index (κ3) is 5.86. The summed E-state index contributed by atoms with van der Waals surface area (Å²) >= 11 is 0. The van der Waals surface area contributed by atoms with Crippen LogP contribution in [0.2, 0.25) is 0 Å². The number of ether oxygens (including phenoxy) is 1. The predicted molar refractivity (Wildman–Crippen MR) is 139 cm³/mol. The van der Waals surface area contributed by atoms with Crippen LogP contribution in [0.5, 0.6) is 11.5 Å². The van der Waals surface area contributed by atoms with Crippen LogP contribution in [-0.4, -0.2) is 46.6 Å². The fourth-order valence-electron chi connectivity index (χ4n) is 4.71. The summed E-state index contributed by atoms with van der Waals surface area (Å²) in [6.07, 6.45) is 4.22. The van der Waals surface area contributed by atoms with Crippen LogP contribution >= 0.6 is 0 Å². The van der Waals surface area contributed by atoms with Gasteiger partial charge in [-0.05, 0) is 24.5 Å². The number of nitriles is 1. The van der Waals surface area contributed by atoms with Crippen LogP contribution in [0.1, 0.15) is 36.1 Å². The van der Waals surface area contributed by atoms with E-state index in [1.54, 1.807) is 11.0 Å². The van der Waals surface area contributed by atoms with E-state index in [2.05, 4.69) is 15.0 Å². The maximum atomic E-state index is 15.4. The number of hydrogen-bond acceptors (Lipinski definition) is 7. The first-order valence-electron chi connectivity index (χ1n) is 12.3. The number of amides is 1. The van der Waals surface area contributed by atoms with Gasteiger partial charge in [-0.2, -0.15) is 14.0 Å². The maximum absolute atomic E-state index is 15.4. The van der Waals surface area contributed by atoms with Crippen LogP contribution in [-0.2, 0) is 4.79 Å². The Labute approximate surface area is 231 Å². The first-order chi connectivity index (χ1) is 19.6. The highest BCUT2D eigenvalue weighted by molar-refractivity contribution is 6.16. The highest BCUT2D eigenvalue weighted by atomic mass is 19.2. The Morgan fingerprint density at radius 2 is 1.88 bits per heavy atom. The fraction of sp³-hybridized carbons (Fsp3) is 0.250. The van der Waals surface area contributed by atoms with Crippen molar-refractivity contribution < 1.29 is 31.5 Å². The van der Waals surface area contributed by atoms with Crippen molar-refractivity contribution in [3.05, 3.63) is 88.7 Å². The van der Waals surface area contributed by atoms with Crippen molar-refractivity contribution >= 4 is 17.4 Å². The van der Waals surface area contributed by atoms with Gasteiger partial charge in [0.1, 0.15) is 23.7 Å². The molecule has 2 unspecified atom stereocenters. The molecule has 2 atom stereocenters. The minimum Gasteiger partial charge on any atom is -0.451 e. The largest absolute Gasteiger partial charge is 0.451 e. The molecule has 4 rings (SSSR count). The molecule has 1 saturated heterocycles. The summed E-state index contributed by atoms with van der Waals surface area (Å²) in [5.41, 5.74) is 6.93. The molecule has 8 nitrogen and oxygen atoms in total. The number of anilines is 1. The van der Waals surface area contributed by atoms with E-state index in [1.807, 2.05) is 6.92 Å². The van der Waals surface area contributed by atoms with Crippen LogP contribution in [0, 0.1) is 46.3 Å². The average Bonchev–Trinajstić information content (AvgIpc) is 3.45. The van der Waals surface area contributed by atoms with Crippen molar-refractivity contribution in [2.24, 2.45) is 10.9 Å². The standard InChI is InChI=1S/C28H23F5N6O2/c1-14(15-7-9-39(12-15)21(40)4-3-8-34)25-22(28(35)38-13-37-25)26(36-2)17-6-5-16(10-18(17)29)41-27-23(32)19(30)11-20(31)24(27)33/h3-6,10-11,13-15H,7,9,12H2,1-2H3,(H2,35,37,38)/b4-3-,36-26?. The van der Waals surface area contributed by atoms with Crippen LogP contribution in [0.25, 0.3) is 0 Å². The number of halogens is 5. The van der Waals surface area contributed by atoms with E-state index in [0.717, 1.165) is 18.2 Å². The quantitative estimate of drug-likeness (QED) is 0.140. The number of likely N-dealkylation sites (tertiary alicyclic amines) is 1. The molecule has 13 heteroatoms. The molecule has 0 bridgehead atoms. The molecular formula is C28H23F5N6O2. The van der Waals surface area contributed by atoms with E-state index in [1.165, 1.54) is 25.5 Å². The van der Waals surface area contributed by atoms with Gasteiger partial charge in [0.05, 0.1) is 23.0 Å². The van der Waals surface area contributed by atoms with Gasteiger partial charge in [-0.1, -0.05) is 6.92 Å². The Bertz CT molecular complexity index is 1580. The second-order valence-electron chi connectivity index (χ2n) is 9.22. The third-order valence-corrected chi connectivity index (χ3v) is 6.83. The summed E-state index contributed by atoms with van der Waals surface area (Å²) in [6, 6.07) is 4.94. The number of hydrogen-bond donors (Lipinski definition) is 1. The number of benzene rings is 2. The van der Waals surface area contributed by atoms with Gasteiger partial charge in [0.15, 0.2) is 11.6 Å². The molecule has 2 heterocycles. The zero-order chi connectivity index (χ0) is 29.8. The molecule has 1 aliphatic rings. The number of aromatic nitrogens is 2. The van der Waals surface area contributed by atoms with E-state index in [0.29, 0.717) is 25.2 Å². The van der Waals surface area contributed by atoms with Crippen LogP contribution in [0.3, 0.4) is 0 Å². The Morgan fingerprint density at radius 3 is 2.51 bits per heavy atom. The molecule has 0 saturated carbocycles. The molecule has 1 fully saturated rings. The van der Waals surface area contributed by atoms with Crippen molar-refractivity contribution in [3.63, 3.8) is 0 Å². The second-order valence-corrected chi connectivity index (χ2v) is 9.22. The van der Waals surface area contributed by atoms with Crippen molar-refractivity contribution in [2.75, 3.05) is 25.9 Å². The lowest BCUT2D eigenvalue weighted by atomic mass is 9.86. The first kappa shape index (κ1) is 29.1. The van der Waals surface area contributed by atoms with Crippen LogP contribution in [0.4, 0.5) is 27.8 Å². The van der Waals surface area contributed by atoms with Gasteiger partial charge in [0.25, 0.3) is 0 Å². The minimum atomic E-state index is -1.77. The minimum absolute atomic E-state index is 0.0180.